The lowest BCUT2D eigenvalue weighted by atomic mass is 10.2. The van der Waals surface area contributed by atoms with Gasteiger partial charge in [-0.15, -0.1) is 0 Å². The zero-order chi connectivity index (χ0) is 13.4. The molecule has 1 aromatic carbocycles. The molecule has 0 aliphatic rings. The molecule has 0 fully saturated rings. The highest BCUT2D eigenvalue weighted by molar-refractivity contribution is 5.84. The van der Waals surface area contributed by atoms with Gasteiger partial charge in [-0.1, -0.05) is 30.9 Å². The van der Waals surface area contributed by atoms with Crippen molar-refractivity contribution in [1.82, 2.24) is 5.48 Å². The molecule has 18 heavy (non-hydrogen) atoms. The van der Waals surface area contributed by atoms with Crippen LogP contribution in [0.5, 0.6) is 5.75 Å². The highest BCUT2D eigenvalue weighted by atomic mass is 16.6. The number of aliphatic carboxylic acids is 1. The van der Waals surface area contributed by atoms with E-state index in [4.69, 9.17) is 14.7 Å². The summed E-state index contributed by atoms with van der Waals surface area (Å²) in [5, 5.41) is 8.49. The normalized spacial score (nSPS) is 10.3. The summed E-state index contributed by atoms with van der Waals surface area (Å²) >= 11 is 0. The van der Waals surface area contributed by atoms with Crippen LogP contribution < -0.4 is 10.2 Å². The van der Waals surface area contributed by atoms with Gasteiger partial charge in [0.25, 0.3) is 0 Å². The first kappa shape index (κ1) is 13.8. The molecule has 0 radical (unpaired) electrons. The van der Waals surface area contributed by atoms with Crippen molar-refractivity contribution in [3.8, 4) is 5.75 Å². The van der Waals surface area contributed by atoms with Crippen LogP contribution in [0.1, 0.15) is 5.56 Å². The fourth-order valence-corrected chi connectivity index (χ4v) is 1.12. The predicted molar refractivity (Wildman–Crippen MR) is 67.9 cm³/mol. The highest BCUT2D eigenvalue weighted by Gasteiger charge is 2.00. The van der Waals surface area contributed by atoms with Crippen molar-refractivity contribution in [1.29, 1.82) is 0 Å². The Hall–Kier alpha value is -2.27. The minimum atomic E-state index is -1.14. The van der Waals surface area contributed by atoms with E-state index in [-0.39, 0.29) is 12.3 Å². The van der Waals surface area contributed by atoms with Crippen molar-refractivity contribution >= 4 is 12.0 Å². The summed E-state index contributed by atoms with van der Waals surface area (Å²) in [7, 11) is 1.61. The summed E-state index contributed by atoms with van der Waals surface area (Å²) in [4.78, 5) is 15.3. The number of methoxy groups -OCH3 is 1. The number of benzene rings is 1. The van der Waals surface area contributed by atoms with Gasteiger partial charge in [-0.3, -0.25) is 10.3 Å². The molecule has 0 aliphatic carbocycles. The molecule has 0 spiro atoms. The van der Waals surface area contributed by atoms with Crippen LogP contribution in [0.15, 0.2) is 42.6 Å². The maximum atomic E-state index is 10.4. The second-order valence-electron chi connectivity index (χ2n) is 3.37. The zero-order valence-electron chi connectivity index (χ0n) is 10.1. The van der Waals surface area contributed by atoms with Crippen LogP contribution in [0, 0.1) is 0 Å². The van der Waals surface area contributed by atoms with E-state index in [9.17, 15) is 4.79 Å². The third-order valence-electron chi connectivity index (χ3n) is 2.06. The summed E-state index contributed by atoms with van der Waals surface area (Å²) in [5.74, 6) is -0.350. The first-order valence-corrected chi connectivity index (χ1v) is 5.24. The van der Waals surface area contributed by atoms with E-state index >= 15 is 0 Å². The Labute approximate surface area is 105 Å². The average molecular weight is 249 g/mol. The van der Waals surface area contributed by atoms with Crippen LogP contribution >= 0.6 is 0 Å². The van der Waals surface area contributed by atoms with Gasteiger partial charge >= 0.3 is 5.97 Å². The molecule has 1 aromatic rings. The molecular weight excluding hydrogens is 234 g/mol. The van der Waals surface area contributed by atoms with Crippen molar-refractivity contribution in [2.24, 2.45) is 0 Å². The largest absolute Gasteiger partial charge is 0.497 e. The first-order chi connectivity index (χ1) is 8.63. The fourth-order valence-electron chi connectivity index (χ4n) is 1.12. The summed E-state index contributed by atoms with van der Waals surface area (Å²) in [6, 6.07) is 7.51. The van der Waals surface area contributed by atoms with Crippen molar-refractivity contribution in [3.63, 3.8) is 0 Å². The van der Waals surface area contributed by atoms with E-state index in [1.54, 1.807) is 13.2 Å². The number of hydrogen-bond acceptors (Lipinski definition) is 4. The number of nitrogens with one attached hydrogen (secondary N) is 1. The second-order valence-corrected chi connectivity index (χ2v) is 3.37. The molecule has 0 bridgehead atoms. The first-order valence-electron chi connectivity index (χ1n) is 5.24. The lowest BCUT2D eigenvalue weighted by Crippen LogP contribution is -2.19. The third kappa shape index (κ3) is 4.71. The lowest BCUT2D eigenvalue weighted by molar-refractivity contribution is -0.134. The molecule has 0 amide bonds. The monoisotopic (exact) mass is 249 g/mol. The molecule has 0 saturated heterocycles. The second kappa shape index (κ2) is 7.13. The van der Waals surface area contributed by atoms with Gasteiger partial charge in [0.05, 0.1) is 13.7 Å². The quantitative estimate of drug-likeness (QED) is 0.438. The van der Waals surface area contributed by atoms with Crippen LogP contribution in [0.2, 0.25) is 0 Å². The zero-order valence-corrected chi connectivity index (χ0v) is 10.1. The Morgan fingerprint density at radius 3 is 2.67 bits per heavy atom. The standard InChI is InChI=1S/C13H15NO4/c1-10(13(15)16)14-18-9-3-4-11-5-7-12(17-2)8-6-11/h3-8,14H,1,9H2,2H3,(H,15,16). The SMILES string of the molecule is C=C(NOCC=Cc1ccc(OC)cc1)C(=O)O. The maximum Gasteiger partial charge on any atom is 0.353 e. The smallest absolute Gasteiger partial charge is 0.353 e. The summed E-state index contributed by atoms with van der Waals surface area (Å²) in [5.41, 5.74) is 3.02. The molecule has 96 valence electrons. The van der Waals surface area contributed by atoms with E-state index in [0.29, 0.717) is 0 Å². The summed E-state index contributed by atoms with van der Waals surface area (Å²) in [6.45, 7) is 3.49. The third-order valence-corrected chi connectivity index (χ3v) is 2.06. The molecule has 5 nitrogen and oxygen atoms in total. The summed E-state index contributed by atoms with van der Waals surface area (Å²) < 4.78 is 5.04. The minimum Gasteiger partial charge on any atom is -0.497 e. The number of hydrogen-bond donors (Lipinski definition) is 2. The minimum absolute atomic E-state index is 0.201. The van der Waals surface area contributed by atoms with Crippen molar-refractivity contribution in [2.45, 2.75) is 0 Å². The Bertz CT molecular complexity index is 437. The number of carbonyl (C=O) groups is 1. The summed E-state index contributed by atoms with van der Waals surface area (Å²) in [6.07, 6.45) is 3.61. The molecule has 1 rings (SSSR count). The van der Waals surface area contributed by atoms with E-state index in [0.717, 1.165) is 11.3 Å². The number of carboxylic acid groups (broad SMARTS) is 1. The molecular formula is C13H15NO4. The Kier molecular flexibility index (Phi) is 5.47. The van der Waals surface area contributed by atoms with E-state index in [1.807, 2.05) is 30.3 Å². The van der Waals surface area contributed by atoms with Gasteiger partial charge in [-0.05, 0) is 17.7 Å². The van der Waals surface area contributed by atoms with Crippen LogP contribution in [0.4, 0.5) is 0 Å². The Morgan fingerprint density at radius 2 is 2.11 bits per heavy atom. The molecule has 0 aromatic heterocycles. The fraction of sp³-hybridized carbons (Fsp3) is 0.154. The lowest BCUT2D eigenvalue weighted by Gasteiger charge is -2.03. The van der Waals surface area contributed by atoms with Crippen molar-refractivity contribution in [2.75, 3.05) is 13.7 Å². The highest BCUT2D eigenvalue weighted by Crippen LogP contribution is 2.12. The number of carboxylic acids is 1. The average Bonchev–Trinajstić information content (AvgIpc) is 2.38. The molecule has 0 aliphatic heterocycles. The van der Waals surface area contributed by atoms with Crippen LogP contribution in [-0.4, -0.2) is 24.8 Å². The molecule has 0 atom stereocenters. The molecule has 0 saturated carbocycles. The van der Waals surface area contributed by atoms with E-state index in [2.05, 4.69) is 12.1 Å². The van der Waals surface area contributed by atoms with Gasteiger partial charge < -0.3 is 9.84 Å². The van der Waals surface area contributed by atoms with Gasteiger partial charge in [0.15, 0.2) is 0 Å². The van der Waals surface area contributed by atoms with Gasteiger partial charge in [0, 0.05) is 0 Å². The topological polar surface area (TPSA) is 67.8 Å². The van der Waals surface area contributed by atoms with Crippen LogP contribution in [-0.2, 0) is 9.63 Å². The predicted octanol–water partition coefficient (Wildman–Crippen LogP) is 1.83. The molecule has 0 unspecified atom stereocenters. The van der Waals surface area contributed by atoms with Gasteiger partial charge in [-0.2, -0.15) is 0 Å². The molecule has 0 heterocycles. The number of hydroxylamine groups is 1. The van der Waals surface area contributed by atoms with Crippen molar-refractivity contribution in [3.05, 3.63) is 48.2 Å². The van der Waals surface area contributed by atoms with Gasteiger partial charge in [0.1, 0.15) is 11.4 Å². The van der Waals surface area contributed by atoms with Crippen LogP contribution in [0.25, 0.3) is 6.08 Å². The maximum absolute atomic E-state index is 10.4. The van der Waals surface area contributed by atoms with Crippen molar-refractivity contribution < 1.29 is 19.5 Å². The van der Waals surface area contributed by atoms with E-state index in [1.165, 1.54) is 0 Å². The van der Waals surface area contributed by atoms with Crippen LogP contribution in [0.3, 0.4) is 0 Å². The van der Waals surface area contributed by atoms with E-state index < -0.39 is 5.97 Å². The van der Waals surface area contributed by atoms with Gasteiger partial charge in [-0.25, -0.2) is 4.79 Å². The molecule has 5 heteroatoms. The van der Waals surface area contributed by atoms with Gasteiger partial charge in [0.2, 0.25) is 0 Å². The Morgan fingerprint density at radius 1 is 1.44 bits per heavy atom. The number of ether oxygens (including phenoxy) is 1. The Balaban J connectivity index is 2.32. The molecule has 2 N–H and O–H groups in total. The number of rotatable bonds is 7.